The van der Waals surface area contributed by atoms with Gasteiger partial charge >= 0.3 is 0 Å². The van der Waals surface area contributed by atoms with Crippen LogP contribution in [0.1, 0.15) is 5.56 Å². The highest BCUT2D eigenvalue weighted by Crippen LogP contribution is 2.28. The molecule has 3 nitrogen and oxygen atoms in total. The lowest BCUT2D eigenvalue weighted by Crippen LogP contribution is -1.97. The highest BCUT2D eigenvalue weighted by molar-refractivity contribution is 5.83. The number of aryl methyl sites for hydroxylation is 1. The fourth-order valence-electron chi connectivity index (χ4n) is 2.68. The molecule has 22 heavy (non-hydrogen) atoms. The standard InChI is InChI=1S/C19H15N3/c1-14-6-8-16(9-7-14)22-18-5-3-2-4-17(18)21-19(22)15-10-12-20-13-11-15/h2-13H,1H3. The lowest BCUT2D eigenvalue weighted by molar-refractivity contribution is 1.10. The van der Waals surface area contributed by atoms with Gasteiger partial charge in [0.1, 0.15) is 5.82 Å². The molecule has 0 N–H and O–H groups in total. The second kappa shape index (κ2) is 5.11. The number of imidazole rings is 1. The van der Waals surface area contributed by atoms with Crippen molar-refractivity contribution in [3.05, 3.63) is 78.6 Å². The van der Waals surface area contributed by atoms with Crippen LogP contribution in [0.2, 0.25) is 0 Å². The normalized spacial score (nSPS) is 11.0. The Balaban J connectivity index is 2.04. The van der Waals surface area contributed by atoms with Crippen molar-refractivity contribution >= 4 is 11.0 Å². The molecule has 2 aromatic carbocycles. The molecule has 4 rings (SSSR count). The fraction of sp³-hybridized carbons (Fsp3) is 0.0526. The van der Waals surface area contributed by atoms with Gasteiger partial charge in [-0.2, -0.15) is 0 Å². The maximum atomic E-state index is 4.82. The average Bonchev–Trinajstić information content (AvgIpc) is 2.96. The number of benzene rings is 2. The second-order valence-electron chi connectivity index (χ2n) is 5.33. The Morgan fingerprint density at radius 2 is 1.55 bits per heavy atom. The number of hydrogen-bond acceptors (Lipinski definition) is 2. The molecule has 4 aromatic rings. The van der Waals surface area contributed by atoms with Crippen LogP contribution in [0.3, 0.4) is 0 Å². The summed E-state index contributed by atoms with van der Waals surface area (Å²) >= 11 is 0. The van der Waals surface area contributed by atoms with Crippen molar-refractivity contribution in [2.45, 2.75) is 6.92 Å². The molecule has 0 fully saturated rings. The number of hydrogen-bond donors (Lipinski definition) is 0. The Morgan fingerprint density at radius 1 is 0.818 bits per heavy atom. The topological polar surface area (TPSA) is 30.7 Å². The van der Waals surface area contributed by atoms with Crippen molar-refractivity contribution in [1.82, 2.24) is 14.5 Å². The monoisotopic (exact) mass is 285 g/mol. The van der Waals surface area contributed by atoms with Crippen molar-refractivity contribution in [1.29, 1.82) is 0 Å². The minimum atomic E-state index is 0.937. The Kier molecular flexibility index (Phi) is 2.97. The quantitative estimate of drug-likeness (QED) is 0.546. The van der Waals surface area contributed by atoms with Crippen LogP contribution >= 0.6 is 0 Å². The first-order chi connectivity index (χ1) is 10.8. The molecule has 2 aromatic heterocycles. The van der Waals surface area contributed by atoms with Gasteiger partial charge in [-0.05, 0) is 43.3 Å². The SMILES string of the molecule is Cc1ccc(-n2c(-c3ccncc3)nc3ccccc32)cc1. The van der Waals surface area contributed by atoms with E-state index in [1.165, 1.54) is 5.56 Å². The van der Waals surface area contributed by atoms with Crippen molar-refractivity contribution in [3.8, 4) is 17.1 Å². The largest absolute Gasteiger partial charge is 0.292 e. The third-order valence-electron chi connectivity index (χ3n) is 3.79. The molecular formula is C19H15N3. The van der Waals surface area contributed by atoms with E-state index in [4.69, 9.17) is 4.98 Å². The van der Waals surface area contributed by atoms with E-state index < -0.39 is 0 Å². The minimum absolute atomic E-state index is 0.937. The number of para-hydroxylation sites is 2. The van der Waals surface area contributed by atoms with E-state index in [2.05, 4.69) is 46.8 Å². The first-order valence-electron chi connectivity index (χ1n) is 7.28. The van der Waals surface area contributed by atoms with Gasteiger partial charge in [-0.3, -0.25) is 9.55 Å². The van der Waals surface area contributed by atoms with Gasteiger partial charge in [-0.15, -0.1) is 0 Å². The smallest absolute Gasteiger partial charge is 0.145 e. The predicted octanol–water partition coefficient (Wildman–Crippen LogP) is 4.40. The molecule has 106 valence electrons. The average molecular weight is 285 g/mol. The number of nitrogens with zero attached hydrogens (tertiary/aromatic N) is 3. The highest BCUT2D eigenvalue weighted by atomic mass is 15.1. The van der Waals surface area contributed by atoms with Gasteiger partial charge in [-0.1, -0.05) is 29.8 Å². The lowest BCUT2D eigenvalue weighted by Gasteiger charge is -2.09. The Morgan fingerprint density at radius 3 is 2.32 bits per heavy atom. The molecular weight excluding hydrogens is 270 g/mol. The molecule has 3 heteroatoms. The maximum absolute atomic E-state index is 4.82. The molecule has 0 saturated heterocycles. The zero-order chi connectivity index (χ0) is 14.9. The summed E-state index contributed by atoms with van der Waals surface area (Å²) in [6.07, 6.45) is 3.60. The number of aromatic nitrogens is 3. The Hall–Kier alpha value is -2.94. The molecule has 0 atom stereocenters. The molecule has 0 aliphatic carbocycles. The summed E-state index contributed by atoms with van der Waals surface area (Å²) in [4.78, 5) is 8.92. The van der Waals surface area contributed by atoms with E-state index in [-0.39, 0.29) is 0 Å². The van der Waals surface area contributed by atoms with Gasteiger partial charge in [0.25, 0.3) is 0 Å². The third-order valence-corrected chi connectivity index (χ3v) is 3.79. The molecule has 0 saturated carbocycles. The Labute approximate surface area is 128 Å². The molecule has 0 bridgehead atoms. The maximum Gasteiger partial charge on any atom is 0.145 e. The van der Waals surface area contributed by atoms with Crippen LogP contribution in [0.4, 0.5) is 0 Å². The first-order valence-corrected chi connectivity index (χ1v) is 7.28. The fourth-order valence-corrected chi connectivity index (χ4v) is 2.68. The summed E-state index contributed by atoms with van der Waals surface area (Å²) in [6, 6.07) is 20.7. The van der Waals surface area contributed by atoms with Gasteiger partial charge in [0.15, 0.2) is 0 Å². The van der Waals surface area contributed by atoms with E-state index in [1.54, 1.807) is 12.4 Å². The lowest BCUT2D eigenvalue weighted by atomic mass is 10.2. The summed E-state index contributed by atoms with van der Waals surface area (Å²) < 4.78 is 2.20. The molecule has 0 spiro atoms. The summed E-state index contributed by atoms with van der Waals surface area (Å²) in [5.74, 6) is 0.937. The van der Waals surface area contributed by atoms with E-state index in [9.17, 15) is 0 Å². The first kappa shape index (κ1) is 12.8. The molecule has 0 radical (unpaired) electrons. The zero-order valence-electron chi connectivity index (χ0n) is 12.3. The molecule has 2 heterocycles. The highest BCUT2D eigenvalue weighted by Gasteiger charge is 2.13. The molecule has 0 aliphatic heterocycles. The van der Waals surface area contributed by atoms with Crippen LogP contribution in [-0.4, -0.2) is 14.5 Å². The van der Waals surface area contributed by atoms with E-state index in [1.807, 2.05) is 30.3 Å². The number of fused-ring (bicyclic) bond motifs is 1. The summed E-state index contributed by atoms with van der Waals surface area (Å²) in [7, 11) is 0. The minimum Gasteiger partial charge on any atom is -0.292 e. The van der Waals surface area contributed by atoms with Gasteiger partial charge in [0.05, 0.1) is 11.0 Å². The van der Waals surface area contributed by atoms with Crippen molar-refractivity contribution in [3.63, 3.8) is 0 Å². The summed E-state index contributed by atoms with van der Waals surface area (Å²) in [5.41, 5.74) is 5.53. The summed E-state index contributed by atoms with van der Waals surface area (Å²) in [5, 5.41) is 0. The van der Waals surface area contributed by atoms with Crippen LogP contribution < -0.4 is 0 Å². The van der Waals surface area contributed by atoms with Crippen LogP contribution in [0.5, 0.6) is 0 Å². The van der Waals surface area contributed by atoms with Gasteiger partial charge in [0, 0.05) is 23.6 Å². The number of pyridine rings is 1. The van der Waals surface area contributed by atoms with Gasteiger partial charge in [-0.25, -0.2) is 4.98 Å². The molecule has 0 unspecified atom stereocenters. The van der Waals surface area contributed by atoms with Gasteiger partial charge in [0.2, 0.25) is 0 Å². The predicted molar refractivity (Wildman–Crippen MR) is 89.0 cm³/mol. The van der Waals surface area contributed by atoms with Gasteiger partial charge < -0.3 is 0 Å². The number of rotatable bonds is 2. The van der Waals surface area contributed by atoms with E-state index >= 15 is 0 Å². The van der Waals surface area contributed by atoms with Crippen LogP contribution in [0.25, 0.3) is 28.1 Å². The van der Waals surface area contributed by atoms with Crippen molar-refractivity contribution < 1.29 is 0 Å². The van der Waals surface area contributed by atoms with Crippen LogP contribution in [0, 0.1) is 6.92 Å². The van der Waals surface area contributed by atoms with E-state index in [0.717, 1.165) is 28.1 Å². The van der Waals surface area contributed by atoms with Crippen LogP contribution in [-0.2, 0) is 0 Å². The van der Waals surface area contributed by atoms with Crippen molar-refractivity contribution in [2.75, 3.05) is 0 Å². The molecule has 0 amide bonds. The van der Waals surface area contributed by atoms with Crippen LogP contribution in [0.15, 0.2) is 73.1 Å². The molecule has 0 aliphatic rings. The third kappa shape index (κ3) is 2.07. The summed E-state index contributed by atoms with van der Waals surface area (Å²) in [6.45, 7) is 2.10. The zero-order valence-corrected chi connectivity index (χ0v) is 12.3. The Bertz CT molecular complexity index is 922. The van der Waals surface area contributed by atoms with E-state index in [0.29, 0.717) is 0 Å². The second-order valence-corrected chi connectivity index (χ2v) is 5.33. The van der Waals surface area contributed by atoms with Crippen molar-refractivity contribution in [2.24, 2.45) is 0 Å².